The molecule has 0 aromatic heterocycles. The number of rotatable bonds is 6. The largest absolute Gasteiger partial charge is 0.390 e. The summed E-state index contributed by atoms with van der Waals surface area (Å²) in [5.74, 6) is -1.47. The minimum Gasteiger partial charge on any atom is -0.390 e. The Bertz CT molecular complexity index is 873. The van der Waals surface area contributed by atoms with Crippen LogP contribution in [0.15, 0.2) is 47.6 Å². The normalized spacial score (nSPS) is 16.0. The lowest BCUT2D eigenvalue weighted by molar-refractivity contribution is -0.133. The molecular weight excluding hydrogens is 374 g/mol. The van der Waals surface area contributed by atoms with Crippen LogP contribution >= 0.6 is 11.6 Å². The molecule has 142 valence electrons. The van der Waals surface area contributed by atoms with Gasteiger partial charge in [0.1, 0.15) is 11.6 Å². The third-order valence-electron chi connectivity index (χ3n) is 4.37. The van der Waals surface area contributed by atoms with Gasteiger partial charge in [-0.3, -0.25) is 4.79 Å². The summed E-state index contributed by atoms with van der Waals surface area (Å²) in [5, 5.41) is 4.67. The fourth-order valence-electron chi connectivity index (χ4n) is 2.96. The lowest BCUT2D eigenvalue weighted by atomic mass is 10.0. The van der Waals surface area contributed by atoms with Crippen molar-refractivity contribution in [2.24, 2.45) is 5.16 Å². The van der Waals surface area contributed by atoms with Gasteiger partial charge in [-0.1, -0.05) is 47.9 Å². The summed E-state index contributed by atoms with van der Waals surface area (Å²) < 4.78 is 27.1. The molecule has 4 nitrogen and oxygen atoms in total. The molecule has 27 heavy (non-hydrogen) atoms. The Balaban J connectivity index is 1.69. The van der Waals surface area contributed by atoms with Crippen molar-refractivity contribution < 1.29 is 18.4 Å². The van der Waals surface area contributed by atoms with E-state index in [9.17, 15) is 13.6 Å². The molecule has 1 heterocycles. The number of carbonyl (C=O) groups excluding carboxylic acids is 1. The summed E-state index contributed by atoms with van der Waals surface area (Å²) in [7, 11) is 0. The molecule has 0 fully saturated rings. The summed E-state index contributed by atoms with van der Waals surface area (Å²) in [6.07, 6.45) is 0.409. The fourth-order valence-corrected chi connectivity index (χ4v) is 3.20. The molecule has 0 N–H and O–H groups in total. The van der Waals surface area contributed by atoms with Crippen LogP contribution in [0.5, 0.6) is 0 Å². The molecule has 2 aromatic carbocycles. The van der Waals surface area contributed by atoms with Gasteiger partial charge in [0.25, 0.3) is 0 Å². The third kappa shape index (κ3) is 4.63. The quantitative estimate of drug-likeness (QED) is 0.723. The zero-order valence-corrected chi connectivity index (χ0v) is 15.5. The molecule has 3 rings (SSSR count). The Morgan fingerprint density at radius 2 is 2.07 bits per heavy atom. The highest BCUT2D eigenvalue weighted by atomic mass is 35.5. The van der Waals surface area contributed by atoms with Gasteiger partial charge in [0.15, 0.2) is 6.10 Å². The van der Waals surface area contributed by atoms with Gasteiger partial charge in [0, 0.05) is 41.6 Å². The van der Waals surface area contributed by atoms with E-state index in [-0.39, 0.29) is 37.1 Å². The Hall–Kier alpha value is -2.47. The maximum absolute atomic E-state index is 14.0. The van der Waals surface area contributed by atoms with Gasteiger partial charge >= 0.3 is 0 Å². The summed E-state index contributed by atoms with van der Waals surface area (Å²) in [6.45, 7) is 2.03. The van der Waals surface area contributed by atoms with Crippen molar-refractivity contribution in [3.8, 4) is 0 Å². The van der Waals surface area contributed by atoms with E-state index in [4.69, 9.17) is 16.4 Å². The standard InChI is InChI=1S/C20H19ClF2N2O2/c1-2-20(26)25(11-13-7-8-14(22)9-18(13)23)12-15-10-19(24-27-15)16-5-3-4-6-17(16)21/h3-9,15H,2,10-12H2,1H3/t15-/m0/s1. The molecule has 0 unspecified atom stereocenters. The average Bonchev–Trinajstić information content (AvgIpc) is 3.11. The first kappa shape index (κ1) is 19.3. The van der Waals surface area contributed by atoms with Gasteiger partial charge in [0.05, 0.1) is 12.3 Å². The Morgan fingerprint density at radius 1 is 1.30 bits per heavy atom. The van der Waals surface area contributed by atoms with Crippen LogP contribution in [-0.4, -0.2) is 29.2 Å². The second-order valence-electron chi connectivity index (χ2n) is 6.31. The van der Waals surface area contributed by atoms with Crippen LogP contribution in [0.1, 0.15) is 30.9 Å². The van der Waals surface area contributed by atoms with Gasteiger partial charge < -0.3 is 9.74 Å². The first-order valence-electron chi connectivity index (χ1n) is 8.67. The fraction of sp³-hybridized carbons (Fsp3) is 0.300. The Morgan fingerprint density at radius 3 is 2.78 bits per heavy atom. The molecule has 1 aliphatic heterocycles. The van der Waals surface area contributed by atoms with E-state index in [1.54, 1.807) is 13.0 Å². The molecule has 2 aromatic rings. The number of halogens is 3. The Labute approximate surface area is 161 Å². The number of amides is 1. The molecule has 0 saturated heterocycles. The second kappa shape index (κ2) is 8.48. The molecule has 0 aliphatic carbocycles. The van der Waals surface area contributed by atoms with Crippen LogP contribution in [0, 0.1) is 11.6 Å². The summed E-state index contributed by atoms with van der Waals surface area (Å²) in [6, 6.07) is 10.7. The van der Waals surface area contributed by atoms with Gasteiger partial charge in [0.2, 0.25) is 5.91 Å². The van der Waals surface area contributed by atoms with Crippen LogP contribution < -0.4 is 0 Å². The van der Waals surface area contributed by atoms with Crippen molar-refractivity contribution in [3.63, 3.8) is 0 Å². The molecule has 1 amide bonds. The first-order valence-corrected chi connectivity index (χ1v) is 9.05. The maximum Gasteiger partial charge on any atom is 0.222 e. The highest BCUT2D eigenvalue weighted by molar-refractivity contribution is 6.34. The summed E-state index contributed by atoms with van der Waals surface area (Å²) in [5.41, 5.74) is 1.76. The monoisotopic (exact) mass is 392 g/mol. The third-order valence-corrected chi connectivity index (χ3v) is 4.70. The number of oxime groups is 1. The number of nitrogens with zero attached hydrogens (tertiary/aromatic N) is 2. The van der Waals surface area contributed by atoms with Gasteiger partial charge in [-0.15, -0.1) is 0 Å². The van der Waals surface area contributed by atoms with Crippen LogP contribution in [0.2, 0.25) is 5.02 Å². The van der Waals surface area contributed by atoms with E-state index >= 15 is 0 Å². The van der Waals surface area contributed by atoms with Crippen molar-refractivity contribution in [3.05, 3.63) is 70.2 Å². The predicted molar refractivity (Wildman–Crippen MR) is 99.5 cm³/mol. The van der Waals surface area contributed by atoms with E-state index < -0.39 is 11.6 Å². The lowest BCUT2D eigenvalue weighted by Gasteiger charge is -2.24. The van der Waals surface area contributed by atoms with Crippen LogP contribution in [0.4, 0.5) is 8.78 Å². The second-order valence-corrected chi connectivity index (χ2v) is 6.72. The van der Waals surface area contributed by atoms with E-state index in [1.807, 2.05) is 18.2 Å². The molecular formula is C20H19ClF2N2O2. The minimum absolute atomic E-state index is 0.0417. The Kier molecular flexibility index (Phi) is 6.06. The zero-order chi connectivity index (χ0) is 19.4. The van der Waals surface area contributed by atoms with E-state index in [0.29, 0.717) is 17.2 Å². The molecule has 1 atom stereocenters. The molecule has 0 saturated carbocycles. The van der Waals surface area contributed by atoms with Crippen molar-refractivity contribution in [1.29, 1.82) is 0 Å². The minimum atomic E-state index is -0.677. The highest BCUT2D eigenvalue weighted by Gasteiger charge is 2.27. The SMILES string of the molecule is CCC(=O)N(Cc1ccc(F)cc1F)C[C@@H]1CC(c2ccccc2Cl)=NO1. The van der Waals surface area contributed by atoms with Gasteiger partial charge in [-0.25, -0.2) is 8.78 Å². The van der Waals surface area contributed by atoms with Crippen molar-refractivity contribution in [2.75, 3.05) is 6.54 Å². The van der Waals surface area contributed by atoms with Gasteiger partial charge in [-0.2, -0.15) is 0 Å². The highest BCUT2D eigenvalue weighted by Crippen LogP contribution is 2.24. The zero-order valence-electron chi connectivity index (χ0n) is 14.8. The van der Waals surface area contributed by atoms with Crippen LogP contribution in [-0.2, 0) is 16.2 Å². The molecule has 7 heteroatoms. The topological polar surface area (TPSA) is 41.9 Å². The molecule has 0 bridgehead atoms. The van der Waals surface area contributed by atoms with Crippen molar-refractivity contribution in [1.82, 2.24) is 4.90 Å². The van der Waals surface area contributed by atoms with Crippen molar-refractivity contribution >= 4 is 23.2 Å². The van der Waals surface area contributed by atoms with Crippen LogP contribution in [0.25, 0.3) is 0 Å². The lowest BCUT2D eigenvalue weighted by Crippen LogP contribution is -2.37. The average molecular weight is 393 g/mol. The number of hydrogen-bond acceptors (Lipinski definition) is 3. The van der Waals surface area contributed by atoms with E-state index in [0.717, 1.165) is 11.6 Å². The summed E-state index contributed by atoms with van der Waals surface area (Å²) in [4.78, 5) is 19.3. The first-order chi connectivity index (χ1) is 13.0. The van der Waals surface area contributed by atoms with E-state index in [2.05, 4.69) is 5.16 Å². The van der Waals surface area contributed by atoms with Gasteiger partial charge in [-0.05, 0) is 12.1 Å². The number of benzene rings is 2. The van der Waals surface area contributed by atoms with Crippen LogP contribution in [0.3, 0.4) is 0 Å². The number of carbonyl (C=O) groups is 1. The van der Waals surface area contributed by atoms with Crippen molar-refractivity contribution in [2.45, 2.75) is 32.4 Å². The maximum atomic E-state index is 14.0. The molecule has 0 spiro atoms. The molecule has 0 radical (unpaired) electrons. The summed E-state index contributed by atoms with van der Waals surface area (Å²) >= 11 is 6.19. The predicted octanol–water partition coefficient (Wildman–Crippen LogP) is 4.55. The smallest absolute Gasteiger partial charge is 0.222 e. The van der Waals surface area contributed by atoms with E-state index in [1.165, 1.54) is 17.0 Å². The molecule has 1 aliphatic rings. The number of hydrogen-bond donors (Lipinski definition) is 0.